The van der Waals surface area contributed by atoms with Crippen LogP contribution in [0, 0.1) is 5.82 Å². The van der Waals surface area contributed by atoms with Crippen molar-refractivity contribution in [3.05, 3.63) is 65.0 Å². The molecule has 3 rings (SSSR count). The van der Waals surface area contributed by atoms with Crippen LogP contribution in [0.15, 0.2) is 48.0 Å². The van der Waals surface area contributed by atoms with E-state index in [4.69, 9.17) is 4.74 Å². The van der Waals surface area contributed by atoms with Crippen molar-refractivity contribution in [2.45, 2.75) is 6.42 Å². The summed E-state index contributed by atoms with van der Waals surface area (Å²) < 4.78 is 18.8. The second-order valence-corrected chi connectivity index (χ2v) is 4.83. The van der Waals surface area contributed by atoms with Gasteiger partial charge in [-0.05, 0) is 42.0 Å². The quantitative estimate of drug-likeness (QED) is 0.814. The molecule has 0 spiro atoms. The Morgan fingerprint density at radius 1 is 1.19 bits per heavy atom. The largest absolute Gasteiger partial charge is 0.508 e. The average Bonchev–Trinajstić information content (AvgIpc) is 2.60. The van der Waals surface area contributed by atoms with Crippen molar-refractivity contribution in [3.8, 4) is 11.5 Å². The summed E-state index contributed by atoms with van der Waals surface area (Å²) in [4.78, 5) is 12.5. The van der Waals surface area contributed by atoms with Gasteiger partial charge in [-0.25, -0.2) is 4.39 Å². The van der Waals surface area contributed by atoms with Gasteiger partial charge < -0.3 is 9.84 Å². The predicted octanol–water partition coefficient (Wildman–Crippen LogP) is 3.58. The van der Waals surface area contributed by atoms with Crippen LogP contribution < -0.4 is 4.74 Å². The number of fused-ring (bicyclic) bond motifs is 1. The monoisotopic (exact) mass is 284 g/mol. The van der Waals surface area contributed by atoms with Crippen LogP contribution in [0.3, 0.4) is 0 Å². The van der Waals surface area contributed by atoms with Crippen LogP contribution in [0.2, 0.25) is 0 Å². The highest BCUT2D eigenvalue weighted by molar-refractivity contribution is 6.13. The van der Waals surface area contributed by atoms with Gasteiger partial charge in [-0.15, -0.1) is 0 Å². The summed E-state index contributed by atoms with van der Waals surface area (Å²) in [5, 5.41) is 9.47. The van der Waals surface area contributed by atoms with Crippen molar-refractivity contribution < 1.29 is 19.0 Å². The first-order chi connectivity index (χ1) is 10.1. The minimum Gasteiger partial charge on any atom is -0.508 e. The molecule has 3 nitrogen and oxygen atoms in total. The molecular weight excluding hydrogens is 271 g/mol. The van der Waals surface area contributed by atoms with E-state index in [2.05, 4.69) is 0 Å². The highest BCUT2D eigenvalue weighted by Crippen LogP contribution is 2.28. The van der Waals surface area contributed by atoms with Crippen LogP contribution in [0.25, 0.3) is 6.08 Å². The number of phenols is 1. The number of aromatic hydroxyl groups is 1. The molecule has 0 bridgehead atoms. The predicted molar refractivity (Wildman–Crippen MR) is 76.9 cm³/mol. The Kier molecular flexibility index (Phi) is 3.44. The molecule has 2 aromatic rings. The maximum atomic E-state index is 13.3. The number of Topliss-reactive ketones (excluding diaryl/α,β-unsaturated/α-hetero) is 1. The zero-order valence-electron chi connectivity index (χ0n) is 11.2. The van der Waals surface area contributed by atoms with Gasteiger partial charge in [0.05, 0.1) is 12.2 Å². The third-order valence-electron chi connectivity index (χ3n) is 3.32. The Morgan fingerprint density at radius 3 is 2.86 bits per heavy atom. The molecule has 0 unspecified atom stereocenters. The van der Waals surface area contributed by atoms with E-state index >= 15 is 0 Å². The molecule has 2 aromatic carbocycles. The standard InChI is InChI=1S/C17H13FO3/c18-13-4-5-16-15(10-13)17(20)12(6-7-21-16)8-11-2-1-3-14(19)9-11/h1-5,8-10,19H,6-7H2/b12-8+. The van der Waals surface area contributed by atoms with Crippen molar-refractivity contribution in [2.24, 2.45) is 0 Å². The van der Waals surface area contributed by atoms with Crippen molar-refractivity contribution in [1.29, 1.82) is 0 Å². The zero-order chi connectivity index (χ0) is 14.8. The first-order valence-corrected chi connectivity index (χ1v) is 6.60. The lowest BCUT2D eigenvalue weighted by molar-refractivity contribution is 0.103. The van der Waals surface area contributed by atoms with Crippen molar-refractivity contribution >= 4 is 11.9 Å². The molecular formula is C17H13FO3. The van der Waals surface area contributed by atoms with E-state index in [0.29, 0.717) is 24.4 Å². The fourth-order valence-electron chi connectivity index (χ4n) is 2.32. The Morgan fingerprint density at radius 2 is 2.05 bits per heavy atom. The molecule has 0 saturated heterocycles. The van der Waals surface area contributed by atoms with E-state index in [1.165, 1.54) is 18.2 Å². The second kappa shape index (κ2) is 5.40. The molecule has 0 radical (unpaired) electrons. The van der Waals surface area contributed by atoms with Crippen molar-refractivity contribution in [2.75, 3.05) is 6.61 Å². The Hall–Kier alpha value is -2.62. The Balaban J connectivity index is 2.02. The summed E-state index contributed by atoms with van der Waals surface area (Å²) in [6, 6.07) is 10.6. The maximum absolute atomic E-state index is 13.3. The first kappa shape index (κ1) is 13.4. The molecule has 106 valence electrons. The number of hydrogen-bond acceptors (Lipinski definition) is 3. The fraction of sp³-hybridized carbons (Fsp3) is 0.118. The number of rotatable bonds is 1. The topological polar surface area (TPSA) is 46.5 Å². The molecule has 0 aliphatic carbocycles. The smallest absolute Gasteiger partial charge is 0.192 e. The lowest BCUT2D eigenvalue weighted by Crippen LogP contribution is -2.02. The van der Waals surface area contributed by atoms with Crippen molar-refractivity contribution in [3.63, 3.8) is 0 Å². The van der Waals surface area contributed by atoms with E-state index in [-0.39, 0.29) is 17.1 Å². The summed E-state index contributed by atoms with van der Waals surface area (Å²) in [7, 11) is 0. The number of benzene rings is 2. The summed E-state index contributed by atoms with van der Waals surface area (Å²) in [6.45, 7) is 0.356. The summed E-state index contributed by atoms with van der Waals surface area (Å²) >= 11 is 0. The van der Waals surface area contributed by atoms with Gasteiger partial charge in [0.2, 0.25) is 0 Å². The molecule has 1 aliphatic heterocycles. The van der Waals surface area contributed by atoms with Gasteiger partial charge in [0.1, 0.15) is 17.3 Å². The van der Waals surface area contributed by atoms with Gasteiger partial charge in [-0.3, -0.25) is 4.79 Å². The van der Waals surface area contributed by atoms with Gasteiger partial charge in [-0.2, -0.15) is 0 Å². The molecule has 0 fully saturated rings. The number of ether oxygens (including phenoxy) is 1. The number of hydrogen-bond donors (Lipinski definition) is 1. The number of halogens is 1. The molecule has 0 saturated carbocycles. The minimum absolute atomic E-state index is 0.133. The summed E-state index contributed by atoms with van der Waals surface area (Å²) in [5.41, 5.74) is 1.49. The number of ketones is 1. The highest BCUT2D eigenvalue weighted by Gasteiger charge is 2.21. The van der Waals surface area contributed by atoms with E-state index in [1.54, 1.807) is 30.3 Å². The lowest BCUT2D eigenvalue weighted by atomic mass is 9.99. The van der Waals surface area contributed by atoms with E-state index < -0.39 is 5.82 Å². The van der Waals surface area contributed by atoms with Crippen LogP contribution >= 0.6 is 0 Å². The number of carbonyl (C=O) groups excluding carboxylic acids is 1. The first-order valence-electron chi connectivity index (χ1n) is 6.60. The van der Waals surface area contributed by atoms with E-state index in [0.717, 1.165) is 5.56 Å². The lowest BCUT2D eigenvalue weighted by Gasteiger charge is -2.05. The van der Waals surface area contributed by atoms with Gasteiger partial charge in [0, 0.05) is 12.0 Å². The van der Waals surface area contributed by atoms with Crippen LogP contribution in [-0.4, -0.2) is 17.5 Å². The third kappa shape index (κ3) is 2.79. The van der Waals surface area contributed by atoms with Gasteiger partial charge in [-0.1, -0.05) is 12.1 Å². The summed E-state index contributed by atoms with van der Waals surface area (Å²) in [6.07, 6.45) is 2.14. The average molecular weight is 284 g/mol. The second-order valence-electron chi connectivity index (χ2n) is 4.83. The van der Waals surface area contributed by atoms with Crippen LogP contribution in [0.5, 0.6) is 11.5 Å². The molecule has 0 amide bonds. The van der Waals surface area contributed by atoms with E-state index in [1.807, 2.05) is 0 Å². The summed E-state index contributed by atoms with van der Waals surface area (Å²) in [5.74, 6) is -0.177. The van der Waals surface area contributed by atoms with Gasteiger partial charge in [0.25, 0.3) is 0 Å². The number of phenolic OH excluding ortho intramolecular Hbond substituents is 1. The van der Waals surface area contributed by atoms with Crippen LogP contribution in [0.4, 0.5) is 4.39 Å². The van der Waals surface area contributed by atoms with Crippen LogP contribution in [-0.2, 0) is 0 Å². The highest BCUT2D eigenvalue weighted by atomic mass is 19.1. The molecule has 0 aromatic heterocycles. The molecule has 1 aliphatic rings. The third-order valence-corrected chi connectivity index (χ3v) is 3.32. The molecule has 4 heteroatoms. The van der Waals surface area contributed by atoms with Gasteiger partial charge >= 0.3 is 0 Å². The number of carbonyl (C=O) groups is 1. The Labute approximate surface area is 121 Å². The van der Waals surface area contributed by atoms with E-state index in [9.17, 15) is 14.3 Å². The zero-order valence-corrected chi connectivity index (χ0v) is 11.2. The molecule has 1 N–H and O–H groups in total. The molecule has 0 atom stereocenters. The molecule has 21 heavy (non-hydrogen) atoms. The molecule has 1 heterocycles. The Bertz CT molecular complexity index is 735. The SMILES string of the molecule is O=C1/C(=C/c2cccc(O)c2)CCOc2ccc(F)cc21. The minimum atomic E-state index is -0.468. The fourth-order valence-corrected chi connectivity index (χ4v) is 2.32. The van der Waals surface area contributed by atoms with Gasteiger partial charge in [0.15, 0.2) is 5.78 Å². The normalized spacial score (nSPS) is 16.2. The van der Waals surface area contributed by atoms with Crippen molar-refractivity contribution in [1.82, 2.24) is 0 Å². The maximum Gasteiger partial charge on any atom is 0.192 e. The van der Waals surface area contributed by atoms with Crippen LogP contribution in [0.1, 0.15) is 22.3 Å².